The Kier molecular flexibility index (Phi) is 5.90. The number of nitrogens with one attached hydrogen (secondary N) is 1. The number of ether oxygens (including phenoxy) is 2. The Morgan fingerprint density at radius 1 is 1.08 bits per heavy atom. The fraction of sp³-hybridized carbons (Fsp3) is 0.385. The number of morpholine rings is 1. The van der Waals surface area contributed by atoms with E-state index in [2.05, 4.69) is 10.2 Å². The van der Waals surface area contributed by atoms with Crippen LogP contribution < -0.4 is 10.1 Å². The average Bonchev–Trinajstić information content (AvgIpc) is 3.43. The lowest BCUT2D eigenvalue weighted by atomic mass is 10.0. The van der Waals surface area contributed by atoms with Crippen molar-refractivity contribution in [3.05, 3.63) is 65.1 Å². The molecule has 0 saturated carbocycles. The van der Waals surface area contributed by atoms with Crippen LogP contribution in [0.5, 0.6) is 5.75 Å². The second kappa shape index (κ2) is 9.36. The van der Waals surface area contributed by atoms with Gasteiger partial charge in [-0.1, -0.05) is 12.1 Å². The van der Waals surface area contributed by atoms with Crippen LogP contribution in [0.3, 0.4) is 0 Å². The third kappa shape index (κ3) is 4.33. The lowest BCUT2D eigenvalue weighted by molar-refractivity contribution is -0.136. The predicted octanol–water partition coefficient (Wildman–Crippen LogP) is 1.51. The molecule has 6 rings (SSSR count). The molecule has 0 aliphatic carbocycles. The Hall–Kier alpha value is -3.76. The molecule has 36 heavy (non-hydrogen) atoms. The van der Waals surface area contributed by atoms with E-state index in [0.29, 0.717) is 24.3 Å². The number of carbonyl (C=O) groups excluding carboxylic acids is 3. The molecule has 1 aromatic carbocycles. The van der Waals surface area contributed by atoms with Gasteiger partial charge in [0.1, 0.15) is 24.0 Å². The Morgan fingerprint density at radius 3 is 2.78 bits per heavy atom. The number of benzene rings is 1. The number of fused-ring (bicyclic) bond motifs is 2. The molecule has 10 nitrogen and oxygen atoms in total. The third-order valence-electron chi connectivity index (χ3n) is 6.98. The lowest BCUT2D eigenvalue weighted by Gasteiger charge is -2.29. The largest absolute Gasteiger partial charge is 0.488 e. The number of aromatic nitrogens is 2. The molecule has 2 saturated heterocycles. The molecule has 0 radical (unpaired) electrons. The second-order valence-corrected chi connectivity index (χ2v) is 9.39. The molecule has 1 unspecified atom stereocenters. The Morgan fingerprint density at radius 2 is 1.94 bits per heavy atom. The first kappa shape index (κ1) is 22.7. The van der Waals surface area contributed by atoms with Crippen LogP contribution >= 0.6 is 0 Å². The lowest BCUT2D eigenvalue weighted by Crippen LogP contribution is -2.52. The Bertz CT molecular complexity index is 1350. The molecule has 2 aromatic heterocycles. The molecule has 5 heterocycles. The highest BCUT2D eigenvalue weighted by atomic mass is 16.5. The quantitative estimate of drug-likeness (QED) is 0.523. The normalized spacial score (nSPS) is 20.6. The fourth-order valence-corrected chi connectivity index (χ4v) is 5.09. The first-order valence-corrected chi connectivity index (χ1v) is 12.2. The maximum Gasteiger partial charge on any atom is 0.255 e. The number of carbonyl (C=O) groups is 3. The monoisotopic (exact) mass is 489 g/mol. The number of amides is 3. The van der Waals surface area contributed by atoms with E-state index in [1.807, 2.05) is 35.0 Å². The highest BCUT2D eigenvalue weighted by Crippen LogP contribution is 2.34. The van der Waals surface area contributed by atoms with Crippen molar-refractivity contribution in [1.82, 2.24) is 24.5 Å². The summed E-state index contributed by atoms with van der Waals surface area (Å²) in [4.78, 5) is 45.5. The zero-order valence-electron chi connectivity index (χ0n) is 19.8. The van der Waals surface area contributed by atoms with Gasteiger partial charge in [-0.3, -0.25) is 24.6 Å². The van der Waals surface area contributed by atoms with E-state index >= 15 is 0 Å². The Labute approximate surface area is 207 Å². The molecule has 10 heteroatoms. The number of hydrogen-bond donors (Lipinski definition) is 1. The van der Waals surface area contributed by atoms with Crippen molar-refractivity contribution in [3.63, 3.8) is 0 Å². The number of imide groups is 1. The van der Waals surface area contributed by atoms with E-state index < -0.39 is 11.9 Å². The predicted molar refractivity (Wildman–Crippen MR) is 128 cm³/mol. The van der Waals surface area contributed by atoms with Gasteiger partial charge >= 0.3 is 0 Å². The van der Waals surface area contributed by atoms with Crippen molar-refractivity contribution in [2.24, 2.45) is 0 Å². The summed E-state index contributed by atoms with van der Waals surface area (Å²) >= 11 is 0. The number of nitrogens with zero attached hydrogens (tertiary/aromatic N) is 4. The van der Waals surface area contributed by atoms with Crippen molar-refractivity contribution < 1.29 is 23.9 Å². The van der Waals surface area contributed by atoms with E-state index in [1.54, 1.807) is 12.1 Å². The van der Waals surface area contributed by atoms with Gasteiger partial charge in [0, 0.05) is 55.1 Å². The van der Waals surface area contributed by atoms with Crippen LogP contribution in [0.4, 0.5) is 0 Å². The first-order valence-electron chi connectivity index (χ1n) is 12.2. The van der Waals surface area contributed by atoms with E-state index in [-0.39, 0.29) is 24.8 Å². The molecule has 186 valence electrons. The van der Waals surface area contributed by atoms with E-state index in [1.165, 1.54) is 4.90 Å². The van der Waals surface area contributed by atoms with Crippen LogP contribution in [0.15, 0.2) is 42.7 Å². The van der Waals surface area contributed by atoms with Gasteiger partial charge in [0.25, 0.3) is 5.91 Å². The number of hydrogen-bond acceptors (Lipinski definition) is 7. The average molecular weight is 490 g/mol. The summed E-state index contributed by atoms with van der Waals surface area (Å²) in [6.45, 7) is 4.75. The highest BCUT2D eigenvalue weighted by Gasteiger charge is 2.40. The zero-order valence-corrected chi connectivity index (χ0v) is 19.8. The minimum absolute atomic E-state index is 0.211. The third-order valence-corrected chi connectivity index (χ3v) is 6.98. The van der Waals surface area contributed by atoms with Gasteiger partial charge in [0.15, 0.2) is 0 Å². The van der Waals surface area contributed by atoms with Crippen molar-refractivity contribution >= 4 is 23.4 Å². The van der Waals surface area contributed by atoms with Crippen LogP contribution in [0.1, 0.15) is 40.0 Å². The Balaban J connectivity index is 1.15. The van der Waals surface area contributed by atoms with Gasteiger partial charge < -0.3 is 18.8 Å². The number of rotatable bonds is 6. The summed E-state index contributed by atoms with van der Waals surface area (Å²) in [7, 11) is 0. The van der Waals surface area contributed by atoms with Crippen LogP contribution in [0, 0.1) is 0 Å². The van der Waals surface area contributed by atoms with Gasteiger partial charge in [-0.15, -0.1) is 0 Å². The minimum atomic E-state index is -0.647. The summed E-state index contributed by atoms with van der Waals surface area (Å²) in [5.74, 6) is -0.309. The maximum absolute atomic E-state index is 13.0. The topological polar surface area (TPSA) is 105 Å². The molecule has 0 bridgehead atoms. The van der Waals surface area contributed by atoms with Gasteiger partial charge in [-0.05, 0) is 24.6 Å². The van der Waals surface area contributed by atoms with E-state index in [0.717, 1.165) is 55.3 Å². The maximum atomic E-state index is 13.0. The van der Waals surface area contributed by atoms with Crippen LogP contribution in [-0.4, -0.2) is 69.3 Å². The van der Waals surface area contributed by atoms with Crippen molar-refractivity contribution in [2.75, 3.05) is 26.3 Å². The summed E-state index contributed by atoms with van der Waals surface area (Å²) in [6, 6.07) is 8.71. The molecular weight excluding hydrogens is 462 g/mol. The van der Waals surface area contributed by atoms with Gasteiger partial charge in [-0.25, -0.2) is 4.98 Å². The van der Waals surface area contributed by atoms with Gasteiger partial charge in [0.05, 0.1) is 25.5 Å². The number of piperidine rings is 1. The second-order valence-electron chi connectivity index (χ2n) is 9.39. The molecule has 1 atom stereocenters. The molecule has 3 aliphatic rings. The molecule has 3 aromatic rings. The van der Waals surface area contributed by atoms with Gasteiger partial charge in [-0.2, -0.15) is 0 Å². The fourth-order valence-electron chi connectivity index (χ4n) is 5.09. The molecular formula is C26H27N5O5. The number of pyridine rings is 1. The van der Waals surface area contributed by atoms with Crippen molar-refractivity contribution in [1.29, 1.82) is 0 Å². The van der Waals surface area contributed by atoms with E-state index in [4.69, 9.17) is 14.5 Å². The zero-order chi connectivity index (χ0) is 24.6. The highest BCUT2D eigenvalue weighted by molar-refractivity contribution is 6.05. The summed E-state index contributed by atoms with van der Waals surface area (Å²) in [6.07, 6.45) is 4.62. The molecule has 2 fully saturated rings. The van der Waals surface area contributed by atoms with Crippen LogP contribution in [0.2, 0.25) is 0 Å². The minimum Gasteiger partial charge on any atom is -0.488 e. The molecule has 0 spiro atoms. The van der Waals surface area contributed by atoms with Crippen molar-refractivity contribution in [3.8, 4) is 5.75 Å². The summed E-state index contributed by atoms with van der Waals surface area (Å²) < 4.78 is 13.6. The SMILES string of the molecule is O=C1CCC(N2Cc3c(OCc4ccc5nc(CN6CCOCC6)cn5c4)cccc3C2=O)C(=O)N1. The molecule has 3 amide bonds. The molecule has 3 aliphatic heterocycles. The smallest absolute Gasteiger partial charge is 0.255 e. The van der Waals surface area contributed by atoms with Gasteiger partial charge in [0.2, 0.25) is 11.8 Å². The van der Waals surface area contributed by atoms with E-state index in [9.17, 15) is 14.4 Å². The summed E-state index contributed by atoms with van der Waals surface area (Å²) in [5, 5.41) is 2.34. The van der Waals surface area contributed by atoms with Crippen molar-refractivity contribution in [2.45, 2.75) is 38.6 Å². The standard InChI is InChI=1S/C26H27N5O5/c32-24-7-5-21(25(33)28-24)31-15-20-19(26(31)34)2-1-3-22(20)36-16-17-4-6-23-27-18(14-30(23)12-17)13-29-8-10-35-11-9-29/h1-4,6,12,14,21H,5,7-11,13,15-16H2,(H,28,32,33). The van der Waals surface area contributed by atoms with Crippen LogP contribution in [-0.2, 0) is 34.0 Å². The summed E-state index contributed by atoms with van der Waals surface area (Å²) in [5.41, 5.74) is 4.18. The van der Waals surface area contributed by atoms with Crippen LogP contribution in [0.25, 0.3) is 5.65 Å². The molecule has 1 N–H and O–H groups in total. The first-order chi connectivity index (χ1) is 17.5. The number of imidazole rings is 1.